The third-order valence-electron chi connectivity index (χ3n) is 3.19. The van der Waals surface area contributed by atoms with Crippen LogP contribution >= 0.6 is 0 Å². The standard InChI is InChI=1S/C14H8N4/c1-8-3-2-4-9-10(8)5-11-14(9)18-13(7-16)12(6-15)17-11/h2-4H,5H2,1H3. The predicted molar refractivity (Wildman–Crippen MR) is 64.4 cm³/mol. The summed E-state index contributed by atoms with van der Waals surface area (Å²) in [5.41, 5.74) is 5.14. The van der Waals surface area contributed by atoms with Crippen LogP contribution in [0, 0.1) is 29.6 Å². The second-order valence-corrected chi connectivity index (χ2v) is 4.22. The Bertz CT molecular complexity index is 748. The molecule has 4 heteroatoms. The highest BCUT2D eigenvalue weighted by molar-refractivity contribution is 5.74. The van der Waals surface area contributed by atoms with Crippen molar-refractivity contribution in [2.24, 2.45) is 0 Å². The summed E-state index contributed by atoms with van der Waals surface area (Å²) >= 11 is 0. The van der Waals surface area contributed by atoms with E-state index in [1.807, 2.05) is 37.3 Å². The number of benzene rings is 1. The molecule has 1 aromatic carbocycles. The van der Waals surface area contributed by atoms with Gasteiger partial charge in [0.15, 0.2) is 11.4 Å². The summed E-state index contributed by atoms with van der Waals surface area (Å²) in [6.07, 6.45) is 0.685. The normalized spacial score (nSPS) is 11.3. The Balaban J connectivity index is 2.30. The number of fused-ring (bicyclic) bond motifs is 3. The monoisotopic (exact) mass is 232 g/mol. The summed E-state index contributed by atoms with van der Waals surface area (Å²) in [5.74, 6) is 0. The van der Waals surface area contributed by atoms with E-state index >= 15 is 0 Å². The average molecular weight is 232 g/mol. The zero-order valence-corrected chi connectivity index (χ0v) is 9.73. The van der Waals surface area contributed by atoms with Crippen LogP contribution in [-0.2, 0) is 6.42 Å². The van der Waals surface area contributed by atoms with Crippen LogP contribution in [0.1, 0.15) is 28.2 Å². The average Bonchev–Trinajstić information content (AvgIpc) is 2.76. The first-order valence-electron chi connectivity index (χ1n) is 5.54. The first kappa shape index (κ1) is 10.4. The van der Waals surface area contributed by atoms with Gasteiger partial charge in [-0.1, -0.05) is 18.2 Å². The maximum Gasteiger partial charge on any atom is 0.177 e. The molecular weight excluding hydrogens is 224 g/mol. The van der Waals surface area contributed by atoms with Gasteiger partial charge in [0.25, 0.3) is 0 Å². The molecule has 1 aliphatic rings. The fraction of sp³-hybridized carbons (Fsp3) is 0.143. The molecule has 1 heterocycles. The number of hydrogen-bond acceptors (Lipinski definition) is 4. The Kier molecular flexibility index (Phi) is 2.11. The molecule has 0 N–H and O–H groups in total. The Hall–Kier alpha value is -2.72. The first-order valence-corrected chi connectivity index (χ1v) is 5.54. The first-order chi connectivity index (χ1) is 8.74. The molecular formula is C14H8N4. The second kappa shape index (κ2) is 3.65. The molecule has 0 radical (unpaired) electrons. The molecule has 18 heavy (non-hydrogen) atoms. The van der Waals surface area contributed by atoms with Crippen LogP contribution in [0.5, 0.6) is 0 Å². The molecule has 2 aromatic rings. The van der Waals surface area contributed by atoms with E-state index in [0.29, 0.717) is 6.42 Å². The topological polar surface area (TPSA) is 73.4 Å². The molecule has 0 saturated heterocycles. The maximum absolute atomic E-state index is 8.98. The van der Waals surface area contributed by atoms with Gasteiger partial charge in [0.1, 0.15) is 12.1 Å². The molecule has 3 rings (SSSR count). The highest BCUT2D eigenvalue weighted by Gasteiger charge is 2.24. The molecule has 1 aromatic heterocycles. The molecule has 0 amide bonds. The fourth-order valence-corrected chi connectivity index (χ4v) is 2.29. The minimum absolute atomic E-state index is 0.102. The molecule has 0 saturated carbocycles. The van der Waals surface area contributed by atoms with E-state index in [1.165, 1.54) is 11.1 Å². The summed E-state index contributed by atoms with van der Waals surface area (Å²) in [6.45, 7) is 2.04. The minimum atomic E-state index is 0.102. The Morgan fingerprint density at radius 2 is 1.83 bits per heavy atom. The molecule has 4 nitrogen and oxygen atoms in total. The number of rotatable bonds is 0. The van der Waals surface area contributed by atoms with Crippen molar-refractivity contribution in [1.29, 1.82) is 10.5 Å². The van der Waals surface area contributed by atoms with Crippen LogP contribution in [0.2, 0.25) is 0 Å². The van der Waals surface area contributed by atoms with Crippen molar-refractivity contribution >= 4 is 0 Å². The van der Waals surface area contributed by atoms with Gasteiger partial charge < -0.3 is 0 Å². The van der Waals surface area contributed by atoms with Crippen molar-refractivity contribution in [1.82, 2.24) is 9.97 Å². The van der Waals surface area contributed by atoms with Crippen LogP contribution in [-0.4, -0.2) is 9.97 Å². The van der Waals surface area contributed by atoms with Crippen molar-refractivity contribution < 1.29 is 0 Å². The lowest BCUT2D eigenvalue weighted by molar-refractivity contribution is 1.04. The molecule has 0 fully saturated rings. The fourth-order valence-electron chi connectivity index (χ4n) is 2.29. The van der Waals surface area contributed by atoms with Gasteiger partial charge in [-0.15, -0.1) is 0 Å². The van der Waals surface area contributed by atoms with E-state index in [9.17, 15) is 0 Å². The largest absolute Gasteiger partial charge is 0.237 e. The molecule has 0 aliphatic heterocycles. The molecule has 84 valence electrons. The second-order valence-electron chi connectivity index (χ2n) is 4.22. The number of hydrogen-bond donors (Lipinski definition) is 0. The van der Waals surface area contributed by atoms with Gasteiger partial charge in [0.05, 0.1) is 11.4 Å². The predicted octanol–water partition coefficient (Wildman–Crippen LogP) is 2.10. The number of nitrogens with zero attached hydrogens (tertiary/aromatic N) is 4. The summed E-state index contributed by atoms with van der Waals surface area (Å²) < 4.78 is 0. The Morgan fingerprint density at radius 3 is 2.56 bits per heavy atom. The van der Waals surface area contributed by atoms with Gasteiger partial charge in [0, 0.05) is 12.0 Å². The van der Waals surface area contributed by atoms with Gasteiger partial charge in [0.2, 0.25) is 0 Å². The van der Waals surface area contributed by atoms with Gasteiger partial charge in [-0.2, -0.15) is 10.5 Å². The van der Waals surface area contributed by atoms with Crippen LogP contribution in [0.4, 0.5) is 0 Å². The van der Waals surface area contributed by atoms with Gasteiger partial charge in [-0.05, 0) is 18.1 Å². The third kappa shape index (κ3) is 1.30. The van der Waals surface area contributed by atoms with Crippen molar-refractivity contribution in [2.75, 3.05) is 0 Å². The number of aryl methyl sites for hydroxylation is 1. The van der Waals surface area contributed by atoms with Gasteiger partial charge in [-0.3, -0.25) is 0 Å². The highest BCUT2D eigenvalue weighted by atomic mass is 14.9. The summed E-state index contributed by atoms with van der Waals surface area (Å²) in [5, 5.41) is 17.9. The summed E-state index contributed by atoms with van der Waals surface area (Å²) in [6, 6.07) is 9.84. The van der Waals surface area contributed by atoms with Gasteiger partial charge in [-0.25, -0.2) is 9.97 Å². The maximum atomic E-state index is 8.98. The molecule has 1 aliphatic carbocycles. The molecule has 0 atom stereocenters. The minimum Gasteiger partial charge on any atom is -0.237 e. The molecule has 0 unspecified atom stereocenters. The quantitative estimate of drug-likeness (QED) is 0.595. The third-order valence-corrected chi connectivity index (χ3v) is 3.19. The van der Waals surface area contributed by atoms with E-state index in [2.05, 4.69) is 9.97 Å². The van der Waals surface area contributed by atoms with E-state index in [4.69, 9.17) is 10.5 Å². The number of nitriles is 2. The van der Waals surface area contributed by atoms with E-state index in [0.717, 1.165) is 17.0 Å². The molecule has 0 bridgehead atoms. The van der Waals surface area contributed by atoms with Crippen molar-refractivity contribution in [3.63, 3.8) is 0 Å². The van der Waals surface area contributed by atoms with Crippen molar-refractivity contribution in [3.05, 3.63) is 46.4 Å². The lowest BCUT2D eigenvalue weighted by Gasteiger charge is -2.02. The highest BCUT2D eigenvalue weighted by Crippen LogP contribution is 2.36. The van der Waals surface area contributed by atoms with E-state index in [-0.39, 0.29) is 11.4 Å². The van der Waals surface area contributed by atoms with Crippen LogP contribution in [0.3, 0.4) is 0 Å². The van der Waals surface area contributed by atoms with Crippen molar-refractivity contribution in [2.45, 2.75) is 13.3 Å². The van der Waals surface area contributed by atoms with Crippen LogP contribution in [0.25, 0.3) is 11.3 Å². The van der Waals surface area contributed by atoms with E-state index < -0.39 is 0 Å². The lowest BCUT2D eigenvalue weighted by Crippen LogP contribution is -1.99. The SMILES string of the molecule is Cc1cccc2c1Cc1nc(C#N)c(C#N)nc1-2. The summed E-state index contributed by atoms with van der Waals surface area (Å²) in [7, 11) is 0. The van der Waals surface area contributed by atoms with E-state index in [1.54, 1.807) is 0 Å². The Labute approximate surface area is 104 Å². The van der Waals surface area contributed by atoms with Gasteiger partial charge >= 0.3 is 0 Å². The summed E-state index contributed by atoms with van der Waals surface area (Å²) in [4.78, 5) is 8.53. The number of aromatic nitrogens is 2. The van der Waals surface area contributed by atoms with Crippen LogP contribution < -0.4 is 0 Å². The Morgan fingerprint density at radius 1 is 1.11 bits per heavy atom. The van der Waals surface area contributed by atoms with Crippen molar-refractivity contribution in [3.8, 4) is 23.4 Å². The lowest BCUT2D eigenvalue weighted by atomic mass is 10.0. The van der Waals surface area contributed by atoms with Crippen LogP contribution in [0.15, 0.2) is 18.2 Å². The molecule has 0 spiro atoms. The zero-order valence-electron chi connectivity index (χ0n) is 9.73. The zero-order chi connectivity index (χ0) is 12.7. The smallest absolute Gasteiger partial charge is 0.177 e.